The molecule has 0 amide bonds. The second-order valence-corrected chi connectivity index (χ2v) is 6.62. The number of likely N-dealkylation sites (tertiary alicyclic amines) is 1. The molecule has 5 nitrogen and oxygen atoms in total. The van der Waals surface area contributed by atoms with E-state index in [0.29, 0.717) is 30.4 Å². The molecule has 1 saturated heterocycles. The molecule has 1 aliphatic rings. The van der Waals surface area contributed by atoms with E-state index in [0.717, 1.165) is 30.3 Å². The SMILES string of the molecule is COc1ccc(-c2noc(C3CCN(Cc4cccc(F)c4F)C3)n2)cc1. The standard InChI is InChI=1S/C20H19F2N3O2/c1-26-16-7-5-13(6-8-16)19-23-20(27-24-19)15-9-10-25(12-15)11-14-3-2-4-17(21)18(14)22/h2-8,15H,9-12H2,1H3. The molecule has 140 valence electrons. The van der Waals surface area contributed by atoms with Gasteiger partial charge in [0.15, 0.2) is 11.6 Å². The molecule has 7 heteroatoms. The number of aromatic nitrogens is 2. The lowest BCUT2D eigenvalue weighted by Gasteiger charge is -2.15. The van der Waals surface area contributed by atoms with Crippen LogP contribution in [0.4, 0.5) is 8.78 Å². The molecular weight excluding hydrogens is 352 g/mol. The molecule has 1 unspecified atom stereocenters. The third-order valence-electron chi connectivity index (χ3n) is 4.84. The zero-order valence-electron chi connectivity index (χ0n) is 14.9. The molecular formula is C20H19F2N3O2. The van der Waals surface area contributed by atoms with Crippen LogP contribution in [0.15, 0.2) is 47.0 Å². The zero-order valence-corrected chi connectivity index (χ0v) is 14.9. The van der Waals surface area contributed by atoms with E-state index in [2.05, 4.69) is 15.0 Å². The minimum Gasteiger partial charge on any atom is -0.497 e. The third kappa shape index (κ3) is 3.68. The van der Waals surface area contributed by atoms with Gasteiger partial charge in [0.2, 0.25) is 11.7 Å². The van der Waals surface area contributed by atoms with Crippen molar-refractivity contribution in [2.24, 2.45) is 0 Å². The summed E-state index contributed by atoms with van der Waals surface area (Å²) in [6.45, 7) is 1.79. The quantitative estimate of drug-likeness (QED) is 0.678. The molecule has 4 rings (SSSR count). The largest absolute Gasteiger partial charge is 0.497 e. The van der Waals surface area contributed by atoms with E-state index < -0.39 is 11.6 Å². The van der Waals surface area contributed by atoms with E-state index in [1.165, 1.54) is 6.07 Å². The van der Waals surface area contributed by atoms with Crippen molar-refractivity contribution >= 4 is 0 Å². The molecule has 3 aromatic rings. The highest BCUT2D eigenvalue weighted by molar-refractivity contribution is 5.55. The van der Waals surface area contributed by atoms with Crippen molar-refractivity contribution < 1.29 is 18.0 Å². The zero-order chi connectivity index (χ0) is 18.8. The second-order valence-electron chi connectivity index (χ2n) is 6.62. The van der Waals surface area contributed by atoms with E-state index in [1.807, 2.05) is 24.3 Å². The Morgan fingerprint density at radius 3 is 2.78 bits per heavy atom. The van der Waals surface area contributed by atoms with Crippen LogP contribution in [0.5, 0.6) is 5.75 Å². The van der Waals surface area contributed by atoms with Gasteiger partial charge >= 0.3 is 0 Å². The molecule has 1 fully saturated rings. The topological polar surface area (TPSA) is 51.4 Å². The van der Waals surface area contributed by atoms with Crippen molar-refractivity contribution in [1.82, 2.24) is 15.0 Å². The fourth-order valence-corrected chi connectivity index (χ4v) is 3.35. The van der Waals surface area contributed by atoms with Gasteiger partial charge in [-0.1, -0.05) is 17.3 Å². The Labute approximate surface area is 155 Å². The number of halogens is 2. The smallest absolute Gasteiger partial charge is 0.231 e. The average molecular weight is 371 g/mol. The molecule has 1 atom stereocenters. The van der Waals surface area contributed by atoms with Gasteiger partial charge in [-0.15, -0.1) is 0 Å². The van der Waals surface area contributed by atoms with Gasteiger partial charge in [-0.2, -0.15) is 4.98 Å². The number of hydrogen-bond acceptors (Lipinski definition) is 5. The number of rotatable bonds is 5. The predicted molar refractivity (Wildman–Crippen MR) is 95.3 cm³/mol. The molecule has 27 heavy (non-hydrogen) atoms. The van der Waals surface area contributed by atoms with Gasteiger partial charge in [0.1, 0.15) is 5.75 Å². The first-order valence-electron chi connectivity index (χ1n) is 8.77. The van der Waals surface area contributed by atoms with Crippen molar-refractivity contribution in [2.45, 2.75) is 18.9 Å². The first kappa shape index (κ1) is 17.6. The van der Waals surface area contributed by atoms with Gasteiger partial charge in [0, 0.05) is 24.2 Å². The number of benzene rings is 2. The van der Waals surface area contributed by atoms with E-state index in [-0.39, 0.29) is 5.92 Å². The number of ether oxygens (including phenoxy) is 1. The molecule has 0 spiro atoms. The summed E-state index contributed by atoms with van der Waals surface area (Å²) >= 11 is 0. The summed E-state index contributed by atoms with van der Waals surface area (Å²) in [5, 5.41) is 4.07. The fourth-order valence-electron chi connectivity index (χ4n) is 3.35. The van der Waals surface area contributed by atoms with Crippen molar-refractivity contribution in [3.05, 3.63) is 65.6 Å². The van der Waals surface area contributed by atoms with Gasteiger partial charge in [-0.3, -0.25) is 4.90 Å². The van der Waals surface area contributed by atoms with Crippen LogP contribution in [0.25, 0.3) is 11.4 Å². The van der Waals surface area contributed by atoms with Crippen molar-refractivity contribution in [1.29, 1.82) is 0 Å². The van der Waals surface area contributed by atoms with Gasteiger partial charge in [-0.25, -0.2) is 8.78 Å². The van der Waals surface area contributed by atoms with Crippen LogP contribution in [0.1, 0.15) is 23.8 Å². The lowest BCUT2D eigenvalue weighted by Crippen LogP contribution is -2.20. The maximum Gasteiger partial charge on any atom is 0.231 e. The van der Waals surface area contributed by atoms with Gasteiger partial charge < -0.3 is 9.26 Å². The lowest BCUT2D eigenvalue weighted by molar-refractivity contribution is 0.303. The maximum absolute atomic E-state index is 13.9. The molecule has 0 bridgehead atoms. The molecule has 1 aromatic heterocycles. The molecule has 2 heterocycles. The van der Waals surface area contributed by atoms with Crippen molar-refractivity contribution in [3.8, 4) is 17.1 Å². The molecule has 0 N–H and O–H groups in total. The van der Waals surface area contributed by atoms with Crippen LogP contribution in [-0.2, 0) is 6.54 Å². The Balaban J connectivity index is 1.43. The van der Waals surface area contributed by atoms with Crippen LogP contribution in [-0.4, -0.2) is 35.2 Å². The molecule has 0 aliphatic carbocycles. The van der Waals surface area contributed by atoms with Crippen molar-refractivity contribution in [2.75, 3.05) is 20.2 Å². The van der Waals surface area contributed by atoms with E-state index in [4.69, 9.17) is 9.26 Å². The highest BCUT2D eigenvalue weighted by Crippen LogP contribution is 2.29. The van der Waals surface area contributed by atoms with Gasteiger partial charge in [-0.05, 0) is 43.3 Å². The minimum absolute atomic E-state index is 0.0844. The Hall–Kier alpha value is -2.80. The highest BCUT2D eigenvalue weighted by atomic mass is 19.2. The molecule has 0 radical (unpaired) electrons. The van der Waals surface area contributed by atoms with E-state index in [9.17, 15) is 8.78 Å². The predicted octanol–water partition coefficient (Wildman–Crippen LogP) is 4.01. The number of nitrogens with zero attached hydrogens (tertiary/aromatic N) is 3. The molecule has 0 saturated carbocycles. The molecule has 1 aliphatic heterocycles. The van der Waals surface area contributed by atoms with E-state index in [1.54, 1.807) is 13.2 Å². The van der Waals surface area contributed by atoms with Crippen LogP contribution in [0.3, 0.4) is 0 Å². The summed E-state index contributed by atoms with van der Waals surface area (Å²) in [6, 6.07) is 11.7. The van der Waals surface area contributed by atoms with Gasteiger partial charge in [0.25, 0.3) is 0 Å². The summed E-state index contributed by atoms with van der Waals surface area (Å²) in [4.78, 5) is 6.58. The minimum atomic E-state index is -0.815. The number of methoxy groups -OCH3 is 1. The fraction of sp³-hybridized carbons (Fsp3) is 0.300. The van der Waals surface area contributed by atoms with Crippen LogP contribution in [0.2, 0.25) is 0 Å². The average Bonchev–Trinajstić information content (AvgIpc) is 3.35. The van der Waals surface area contributed by atoms with Gasteiger partial charge in [0.05, 0.1) is 13.0 Å². The summed E-state index contributed by atoms with van der Waals surface area (Å²) in [5.41, 5.74) is 1.21. The summed E-state index contributed by atoms with van der Waals surface area (Å²) < 4.78 is 37.8. The normalized spacial score (nSPS) is 17.4. The third-order valence-corrected chi connectivity index (χ3v) is 4.84. The van der Waals surface area contributed by atoms with E-state index >= 15 is 0 Å². The van der Waals surface area contributed by atoms with Crippen molar-refractivity contribution in [3.63, 3.8) is 0 Å². The molecule has 2 aromatic carbocycles. The Morgan fingerprint density at radius 2 is 2.00 bits per heavy atom. The lowest BCUT2D eigenvalue weighted by atomic mass is 10.1. The van der Waals surface area contributed by atoms with Crippen LogP contribution >= 0.6 is 0 Å². The van der Waals surface area contributed by atoms with Crippen LogP contribution in [0, 0.1) is 11.6 Å². The summed E-state index contributed by atoms with van der Waals surface area (Å²) in [5.74, 6) is 0.356. The maximum atomic E-state index is 13.9. The second kappa shape index (κ2) is 7.44. The Kier molecular flexibility index (Phi) is 4.85. The monoisotopic (exact) mass is 371 g/mol. The summed E-state index contributed by atoms with van der Waals surface area (Å²) in [6.07, 6.45) is 0.835. The van der Waals surface area contributed by atoms with Crippen LogP contribution < -0.4 is 4.74 Å². The first-order chi connectivity index (χ1) is 13.1. The number of hydrogen-bond donors (Lipinski definition) is 0. The highest BCUT2D eigenvalue weighted by Gasteiger charge is 2.29. The Bertz CT molecular complexity index is 927. The summed E-state index contributed by atoms with van der Waals surface area (Å²) in [7, 11) is 1.61. The Morgan fingerprint density at radius 1 is 1.19 bits per heavy atom. The first-order valence-corrected chi connectivity index (χ1v) is 8.77.